The van der Waals surface area contributed by atoms with Crippen molar-refractivity contribution in [2.75, 3.05) is 19.6 Å². The van der Waals surface area contributed by atoms with Crippen molar-refractivity contribution in [2.24, 2.45) is 0 Å². The summed E-state index contributed by atoms with van der Waals surface area (Å²) >= 11 is 0. The number of aromatic nitrogens is 1. The minimum absolute atomic E-state index is 0.0204. The molecule has 4 nitrogen and oxygen atoms in total. The van der Waals surface area contributed by atoms with E-state index in [-0.39, 0.29) is 5.91 Å². The third-order valence-corrected chi connectivity index (χ3v) is 4.00. The van der Waals surface area contributed by atoms with Gasteiger partial charge in [0.15, 0.2) is 0 Å². The van der Waals surface area contributed by atoms with Crippen molar-refractivity contribution < 1.29 is 4.79 Å². The summed E-state index contributed by atoms with van der Waals surface area (Å²) in [6.07, 6.45) is 3.94. The molecule has 1 aromatic carbocycles. The SMILES string of the molecule is CCN(CC)C(C)CNC(=O)c1cccc(-n2cccc2)c1. The molecule has 0 radical (unpaired) electrons. The number of carbonyl (C=O) groups is 1. The quantitative estimate of drug-likeness (QED) is 0.853. The number of rotatable bonds is 7. The van der Waals surface area contributed by atoms with Gasteiger partial charge in [0.2, 0.25) is 0 Å². The highest BCUT2D eigenvalue weighted by atomic mass is 16.1. The standard InChI is InChI=1S/C18H25N3O/c1-4-20(5-2)15(3)14-19-18(22)16-9-8-10-17(13-16)21-11-6-7-12-21/h6-13,15H,4-5,14H2,1-3H3,(H,19,22). The predicted octanol–water partition coefficient (Wildman–Crippen LogP) is 2.94. The van der Waals surface area contributed by atoms with Crippen LogP contribution in [-0.4, -0.2) is 41.1 Å². The van der Waals surface area contributed by atoms with Gasteiger partial charge in [0.25, 0.3) is 5.91 Å². The molecular formula is C18H25N3O. The van der Waals surface area contributed by atoms with Gasteiger partial charge in [-0.2, -0.15) is 0 Å². The van der Waals surface area contributed by atoms with Crippen LogP contribution < -0.4 is 5.32 Å². The van der Waals surface area contributed by atoms with Gasteiger partial charge in [-0.25, -0.2) is 0 Å². The van der Waals surface area contributed by atoms with Crippen molar-refractivity contribution in [1.82, 2.24) is 14.8 Å². The predicted molar refractivity (Wildman–Crippen MR) is 90.5 cm³/mol. The van der Waals surface area contributed by atoms with Crippen molar-refractivity contribution in [3.63, 3.8) is 0 Å². The Morgan fingerprint density at radius 3 is 2.50 bits per heavy atom. The highest BCUT2D eigenvalue weighted by molar-refractivity contribution is 5.94. The zero-order chi connectivity index (χ0) is 15.9. The molecule has 118 valence electrons. The third-order valence-electron chi connectivity index (χ3n) is 4.00. The molecule has 0 saturated carbocycles. The lowest BCUT2D eigenvalue weighted by molar-refractivity contribution is 0.0938. The number of carbonyl (C=O) groups excluding carboxylic acids is 1. The molecule has 1 amide bonds. The van der Waals surface area contributed by atoms with Crippen molar-refractivity contribution in [3.05, 3.63) is 54.4 Å². The molecule has 1 heterocycles. The van der Waals surface area contributed by atoms with Crippen molar-refractivity contribution in [1.29, 1.82) is 0 Å². The number of hydrogen-bond donors (Lipinski definition) is 1. The maximum atomic E-state index is 12.3. The van der Waals surface area contributed by atoms with E-state index < -0.39 is 0 Å². The summed E-state index contributed by atoms with van der Waals surface area (Å²) in [5, 5.41) is 3.03. The lowest BCUT2D eigenvalue weighted by Crippen LogP contribution is -2.42. The molecule has 0 fully saturated rings. The first kappa shape index (κ1) is 16.3. The smallest absolute Gasteiger partial charge is 0.251 e. The van der Waals surface area contributed by atoms with Gasteiger partial charge in [0.05, 0.1) is 0 Å². The van der Waals surface area contributed by atoms with Gasteiger partial charge in [-0.3, -0.25) is 9.69 Å². The number of benzene rings is 1. The Kier molecular flexibility index (Phi) is 5.78. The molecule has 0 spiro atoms. The molecule has 4 heteroatoms. The van der Waals surface area contributed by atoms with Crippen LogP contribution in [-0.2, 0) is 0 Å². The van der Waals surface area contributed by atoms with Crippen molar-refractivity contribution in [3.8, 4) is 5.69 Å². The number of nitrogens with one attached hydrogen (secondary N) is 1. The maximum absolute atomic E-state index is 12.3. The molecule has 2 aromatic rings. The fourth-order valence-electron chi connectivity index (χ4n) is 2.63. The molecule has 22 heavy (non-hydrogen) atoms. The monoisotopic (exact) mass is 299 g/mol. The molecule has 0 aliphatic rings. The van der Waals surface area contributed by atoms with Crippen LogP contribution in [0, 0.1) is 0 Å². The largest absolute Gasteiger partial charge is 0.350 e. The first-order chi connectivity index (χ1) is 10.7. The zero-order valence-corrected chi connectivity index (χ0v) is 13.6. The second-order valence-electron chi connectivity index (χ2n) is 5.42. The first-order valence-electron chi connectivity index (χ1n) is 7.91. The van der Waals surface area contributed by atoms with Crippen LogP contribution in [0.3, 0.4) is 0 Å². The summed E-state index contributed by atoms with van der Waals surface area (Å²) in [5.74, 6) is -0.0204. The molecule has 2 rings (SSSR count). The average Bonchev–Trinajstić information content (AvgIpc) is 3.08. The number of likely N-dealkylation sites (N-methyl/N-ethyl adjacent to an activating group) is 1. The Labute approximate surface area is 132 Å². The topological polar surface area (TPSA) is 37.3 Å². The van der Waals surface area contributed by atoms with Crippen LogP contribution in [0.15, 0.2) is 48.8 Å². The molecule has 1 unspecified atom stereocenters. The summed E-state index contributed by atoms with van der Waals surface area (Å²) in [6, 6.07) is 12.0. The fourth-order valence-corrected chi connectivity index (χ4v) is 2.63. The van der Waals surface area contributed by atoms with Crippen LogP contribution in [0.4, 0.5) is 0 Å². The summed E-state index contributed by atoms with van der Waals surface area (Å²) in [7, 11) is 0. The normalized spacial score (nSPS) is 12.4. The minimum Gasteiger partial charge on any atom is -0.350 e. The van der Waals surface area contributed by atoms with E-state index in [4.69, 9.17) is 0 Å². The third kappa shape index (κ3) is 3.98. The molecular weight excluding hydrogens is 274 g/mol. The first-order valence-corrected chi connectivity index (χ1v) is 7.91. The fraction of sp³-hybridized carbons (Fsp3) is 0.389. The van der Waals surface area contributed by atoms with Gasteiger partial charge in [-0.15, -0.1) is 0 Å². The molecule has 0 aliphatic heterocycles. The lowest BCUT2D eigenvalue weighted by Gasteiger charge is -2.26. The Morgan fingerprint density at radius 2 is 1.86 bits per heavy atom. The molecule has 0 aliphatic carbocycles. The molecule has 1 aromatic heterocycles. The number of hydrogen-bond acceptors (Lipinski definition) is 2. The van der Waals surface area contributed by atoms with Gasteiger partial charge in [0.1, 0.15) is 0 Å². The van der Waals surface area contributed by atoms with Crippen LogP contribution in [0.25, 0.3) is 5.69 Å². The van der Waals surface area contributed by atoms with Gasteiger partial charge >= 0.3 is 0 Å². The second-order valence-corrected chi connectivity index (χ2v) is 5.42. The van der Waals surface area contributed by atoms with Gasteiger partial charge in [-0.1, -0.05) is 19.9 Å². The van der Waals surface area contributed by atoms with E-state index in [0.717, 1.165) is 18.8 Å². The van der Waals surface area contributed by atoms with Crippen LogP contribution in [0.2, 0.25) is 0 Å². The Morgan fingerprint density at radius 1 is 1.18 bits per heavy atom. The van der Waals surface area contributed by atoms with Gasteiger partial charge < -0.3 is 9.88 Å². The van der Waals surface area contributed by atoms with Crippen LogP contribution in [0.5, 0.6) is 0 Å². The van der Waals surface area contributed by atoms with Crippen molar-refractivity contribution >= 4 is 5.91 Å². The number of amides is 1. The van der Waals surface area contributed by atoms with Gasteiger partial charge in [-0.05, 0) is 50.3 Å². The Bertz CT molecular complexity index is 588. The summed E-state index contributed by atoms with van der Waals surface area (Å²) in [6.45, 7) is 9.08. The average molecular weight is 299 g/mol. The van der Waals surface area contributed by atoms with E-state index in [1.54, 1.807) is 0 Å². The summed E-state index contributed by atoms with van der Waals surface area (Å²) < 4.78 is 2.00. The van der Waals surface area contributed by atoms with E-state index in [1.165, 1.54) is 0 Å². The van der Waals surface area contributed by atoms with Crippen molar-refractivity contribution in [2.45, 2.75) is 26.8 Å². The van der Waals surface area contributed by atoms with Crippen LogP contribution in [0.1, 0.15) is 31.1 Å². The molecule has 1 N–H and O–H groups in total. The molecule has 1 atom stereocenters. The van der Waals surface area contributed by atoms with Crippen LogP contribution >= 0.6 is 0 Å². The second kappa shape index (κ2) is 7.80. The Hall–Kier alpha value is -2.07. The van der Waals surface area contributed by atoms with E-state index in [0.29, 0.717) is 18.2 Å². The van der Waals surface area contributed by atoms with Gasteiger partial charge in [0, 0.05) is 36.2 Å². The number of nitrogens with zero attached hydrogens (tertiary/aromatic N) is 2. The lowest BCUT2D eigenvalue weighted by atomic mass is 10.1. The highest BCUT2D eigenvalue weighted by Gasteiger charge is 2.12. The molecule has 0 bridgehead atoms. The zero-order valence-electron chi connectivity index (χ0n) is 13.6. The highest BCUT2D eigenvalue weighted by Crippen LogP contribution is 2.11. The maximum Gasteiger partial charge on any atom is 0.251 e. The van der Waals surface area contributed by atoms with E-state index >= 15 is 0 Å². The molecule has 0 saturated heterocycles. The van der Waals surface area contributed by atoms with E-state index in [9.17, 15) is 4.79 Å². The Balaban J connectivity index is 2.00. The summed E-state index contributed by atoms with van der Waals surface area (Å²) in [4.78, 5) is 14.7. The minimum atomic E-state index is -0.0204. The summed E-state index contributed by atoms with van der Waals surface area (Å²) in [5.41, 5.74) is 1.69. The van der Waals surface area contributed by atoms with E-state index in [1.807, 2.05) is 53.4 Å². The van der Waals surface area contributed by atoms with E-state index in [2.05, 4.69) is 31.0 Å².